The first-order valence-electron chi connectivity index (χ1n) is 2.38. The molecule has 0 fully saturated rings. The topological polar surface area (TPSA) is 52.0 Å². The van der Waals surface area contributed by atoms with Gasteiger partial charge in [0.15, 0.2) is 0 Å². The van der Waals surface area contributed by atoms with Crippen molar-refractivity contribution in [2.45, 2.75) is 0 Å². The predicted molar refractivity (Wildman–Crippen MR) is 35.0 cm³/mol. The maximum Gasteiger partial charge on any atom is 0.0555 e. The molecule has 0 aliphatic carbocycles. The highest BCUT2D eigenvalue weighted by molar-refractivity contribution is 5.26. The second-order valence-corrected chi connectivity index (χ2v) is 1.31. The summed E-state index contributed by atoms with van der Waals surface area (Å²) in [5.74, 6) is 5.33. The van der Waals surface area contributed by atoms with Crippen LogP contribution in [0.4, 0.5) is 0 Å². The summed E-state index contributed by atoms with van der Waals surface area (Å²) in [4.78, 5) is 0. The molecule has 8 heavy (non-hydrogen) atoms. The Morgan fingerprint density at radius 3 is 2.50 bits per heavy atom. The zero-order valence-corrected chi connectivity index (χ0v) is 4.78. The highest BCUT2D eigenvalue weighted by Crippen LogP contribution is 1.77. The van der Waals surface area contributed by atoms with Crippen LogP contribution in [0.3, 0.4) is 0 Å². The summed E-state index contributed by atoms with van der Waals surface area (Å²) in [7, 11) is 0. The van der Waals surface area contributed by atoms with Gasteiger partial charge in [0.2, 0.25) is 0 Å². The van der Waals surface area contributed by atoms with Gasteiger partial charge >= 0.3 is 0 Å². The molecule has 0 aliphatic rings. The number of nitrogens with two attached hydrogens (primary N) is 2. The molecule has 0 aromatic carbocycles. The third-order valence-electron chi connectivity index (χ3n) is 0.614. The molecule has 0 radical (unpaired) electrons. The van der Waals surface area contributed by atoms with Crippen LogP contribution < -0.4 is 11.5 Å². The quantitative estimate of drug-likeness (QED) is 0.445. The molecule has 0 bridgehead atoms. The van der Waals surface area contributed by atoms with Crippen molar-refractivity contribution in [2.24, 2.45) is 11.5 Å². The molecule has 44 valence electrons. The Kier molecular flexibility index (Phi) is 3.95. The lowest BCUT2D eigenvalue weighted by atomic mass is 10.3. The Balaban J connectivity index is 3.52. The van der Waals surface area contributed by atoms with Crippen LogP contribution in [0.1, 0.15) is 0 Å². The molecule has 0 aromatic heterocycles. The van der Waals surface area contributed by atoms with E-state index in [-0.39, 0.29) is 0 Å². The van der Waals surface area contributed by atoms with Crippen LogP contribution >= 0.6 is 0 Å². The second-order valence-electron chi connectivity index (χ2n) is 1.31. The van der Waals surface area contributed by atoms with E-state index in [2.05, 4.69) is 18.4 Å². The van der Waals surface area contributed by atoms with Gasteiger partial charge in [-0.15, -0.1) is 0 Å². The summed E-state index contributed by atoms with van der Waals surface area (Å²) in [6.45, 7) is 4.35. The van der Waals surface area contributed by atoms with E-state index < -0.39 is 0 Å². The van der Waals surface area contributed by atoms with Gasteiger partial charge in [0.05, 0.1) is 6.54 Å². The summed E-state index contributed by atoms with van der Waals surface area (Å²) in [6.07, 6.45) is 0. The molecule has 0 saturated carbocycles. The van der Waals surface area contributed by atoms with Crippen molar-refractivity contribution in [3.8, 4) is 11.8 Å². The normalized spacial score (nSPS) is 7.25. The smallest absolute Gasteiger partial charge is 0.0555 e. The largest absolute Gasteiger partial charge is 0.326 e. The van der Waals surface area contributed by atoms with Crippen molar-refractivity contribution in [1.29, 1.82) is 0 Å². The standard InChI is InChI=1S/C6H10N2/c1-6(5-8)3-2-4-7/h1,4-5,7-8H2. The van der Waals surface area contributed by atoms with Gasteiger partial charge in [-0.1, -0.05) is 18.4 Å². The average molecular weight is 110 g/mol. The number of rotatable bonds is 1. The highest BCUT2D eigenvalue weighted by Gasteiger charge is 1.76. The van der Waals surface area contributed by atoms with Crippen LogP contribution in [0, 0.1) is 11.8 Å². The van der Waals surface area contributed by atoms with Crippen LogP contribution in [0.15, 0.2) is 12.2 Å². The van der Waals surface area contributed by atoms with Crippen LogP contribution in [0.5, 0.6) is 0 Å². The van der Waals surface area contributed by atoms with E-state index in [0.717, 1.165) is 5.57 Å². The van der Waals surface area contributed by atoms with Crippen molar-refractivity contribution < 1.29 is 0 Å². The number of hydrogen-bond donors (Lipinski definition) is 2. The molecule has 0 aromatic rings. The molecular weight excluding hydrogens is 100 g/mol. The van der Waals surface area contributed by atoms with E-state index in [9.17, 15) is 0 Å². The molecular formula is C6H10N2. The molecule has 0 rings (SSSR count). The van der Waals surface area contributed by atoms with Crippen molar-refractivity contribution in [3.05, 3.63) is 12.2 Å². The molecule has 0 saturated heterocycles. The lowest BCUT2D eigenvalue weighted by molar-refractivity contribution is 1.21. The first kappa shape index (κ1) is 7.22. The van der Waals surface area contributed by atoms with Crippen LogP contribution in [-0.2, 0) is 0 Å². The molecule has 0 amide bonds. The van der Waals surface area contributed by atoms with Gasteiger partial charge in [-0.2, -0.15) is 0 Å². The summed E-state index contributed by atoms with van der Waals surface area (Å²) in [6, 6.07) is 0. The average Bonchev–Trinajstić information content (AvgIpc) is 1.83. The zero-order chi connectivity index (χ0) is 6.41. The van der Waals surface area contributed by atoms with Gasteiger partial charge in [0.1, 0.15) is 0 Å². The molecule has 0 spiro atoms. The SMILES string of the molecule is C=C(C#CCN)CN. The monoisotopic (exact) mass is 110 g/mol. The predicted octanol–water partition coefficient (Wildman–Crippen LogP) is -0.537. The third kappa shape index (κ3) is 3.41. The van der Waals surface area contributed by atoms with E-state index in [4.69, 9.17) is 11.5 Å². The Hall–Kier alpha value is -0.780. The Labute approximate surface area is 49.6 Å². The summed E-state index contributed by atoms with van der Waals surface area (Å²) in [5, 5.41) is 0. The van der Waals surface area contributed by atoms with Crippen LogP contribution in [-0.4, -0.2) is 13.1 Å². The molecule has 0 heterocycles. The van der Waals surface area contributed by atoms with Crippen LogP contribution in [0.25, 0.3) is 0 Å². The van der Waals surface area contributed by atoms with Gasteiger partial charge < -0.3 is 11.5 Å². The van der Waals surface area contributed by atoms with Gasteiger partial charge in [0.25, 0.3) is 0 Å². The third-order valence-corrected chi connectivity index (χ3v) is 0.614. The number of hydrogen-bond acceptors (Lipinski definition) is 2. The Morgan fingerprint density at radius 2 is 2.12 bits per heavy atom. The molecule has 2 nitrogen and oxygen atoms in total. The van der Waals surface area contributed by atoms with E-state index in [0.29, 0.717) is 13.1 Å². The summed E-state index contributed by atoms with van der Waals surface area (Å²) >= 11 is 0. The van der Waals surface area contributed by atoms with E-state index in [1.54, 1.807) is 0 Å². The fourth-order valence-electron chi connectivity index (χ4n) is 0.227. The van der Waals surface area contributed by atoms with Gasteiger partial charge in [-0.25, -0.2) is 0 Å². The fourth-order valence-corrected chi connectivity index (χ4v) is 0.227. The zero-order valence-electron chi connectivity index (χ0n) is 4.78. The maximum absolute atomic E-state index is 5.17. The highest BCUT2D eigenvalue weighted by atomic mass is 14.5. The second kappa shape index (κ2) is 4.38. The summed E-state index contributed by atoms with van der Waals surface area (Å²) in [5.41, 5.74) is 11.0. The van der Waals surface area contributed by atoms with E-state index >= 15 is 0 Å². The molecule has 2 heteroatoms. The van der Waals surface area contributed by atoms with Crippen molar-refractivity contribution in [1.82, 2.24) is 0 Å². The van der Waals surface area contributed by atoms with Gasteiger partial charge in [-0.05, 0) is 0 Å². The minimum atomic E-state index is 0.374. The van der Waals surface area contributed by atoms with Gasteiger partial charge in [0, 0.05) is 12.1 Å². The first-order chi connectivity index (χ1) is 3.81. The lowest BCUT2D eigenvalue weighted by Gasteiger charge is -1.83. The minimum absolute atomic E-state index is 0.374. The molecule has 0 aliphatic heterocycles. The maximum atomic E-state index is 5.17. The van der Waals surface area contributed by atoms with Crippen molar-refractivity contribution in [2.75, 3.05) is 13.1 Å². The fraction of sp³-hybridized carbons (Fsp3) is 0.333. The first-order valence-corrected chi connectivity index (χ1v) is 2.38. The summed E-state index contributed by atoms with van der Waals surface area (Å²) < 4.78 is 0. The molecule has 0 unspecified atom stereocenters. The molecule has 0 atom stereocenters. The molecule has 4 N–H and O–H groups in total. The minimum Gasteiger partial charge on any atom is -0.326 e. The van der Waals surface area contributed by atoms with Crippen molar-refractivity contribution >= 4 is 0 Å². The lowest BCUT2D eigenvalue weighted by Crippen LogP contribution is -2.00. The van der Waals surface area contributed by atoms with E-state index in [1.165, 1.54) is 0 Å². The van der Waals surface area contributed by atoms with Gasteiger partial charge in [-0.3, -0.25) is 0 Å². The van der Waals surface area contributed by atoms with Crippen LogP contribution in [0.2, 0.25) is 0 Å². The van der Waals surface area contributed by atoms with Crippen molar-refractivity contribution in [3.63, 3.8) is 0 Å². The van der Waals surface area contributed by atoms with E-state index in [1.807, 2.05) is 0 Å². The Bertz CT molecular complexity index is 127. The Morgan fingerprint density at radius 1 is 1.50 bits per heavy atom.